The van der Waals surface area contributed by atoms with Crippen molar-refractivity contribution in [3.63, 3.8) is 0 Å². The molecule has 0 unspecified atom stereocenters. The number of ether oxygens (including phenoxy) is 1. The molecule has 150 valence electrons. The van der Waals surface area contributed by atoms with Crippen LogP contribution in [0.3, 0.4) is 0 Å². The number of hydrogen-bond donors (Lipinski definition) is 1. The quantitative estimate of drug-likeness (QED) is 0.723. The van der Waals surface area contributed by atoms with Crippen molar-refractivity contribution < 1.29 is 19.1 Å². The van der Waals surface area contributed by atoms with Crippen LogP contribution < -0.4 is 0 Å². The van der Waals surface area contributed by atoms with Crippen molar-refractivity contribution in [2.45, 2.75) is 103 Å². The lowest BCUT2D eigenvalue weighted by Crippen LogP contribution is -2.46. The summed E-state index contributed by atoms with van der Waals surface area (Å²) in [7, 11) is -1.98. The van der Waals surface area contributed by atoms with Crippen LogP contribution in [0, 0.1) is 11.3 Å². The summed E-state index contributed by atoms with van der Waals surface area (Å²) in [5, 5.41) is 19.4. The monoisotopic (exact) mass is 384 g/mol. The summed E-state index contributed by atoms with van der Waals surface area (Å²) >= 11 is 0. The van der Waals surface area contributed by atoms with E-state index in [-0.39, 0.29) is 23.6 Å². The van der Waals surface area contributed by atoms with Crippen LogP contribution >= 0.6 is 0 Å². The van der Waals surface area contributed by atoms with E-state index in [1.807, 2.05) is 20.8 Å². The third kappa shape index (κ3) is 6.25. The second-order valence-corrected chi connectivity index (χ2v) is 14.5. The lowest BCUT2D eigenvalue weighted by molar-refractivity contribution is 0.00376. The molecule has 26 heavy (non-hydrogen) atoms. The SMILES string of the molecule is CC(C)(C)OC(=O)N1C[C@H](O[Si](C)(C)C(C)(C)C)C[C@H]1[C@@H](O)CCC#N. The molecular formula is C19H36N2O4Si. The van der Waals surface area contributed by atoms with Crippen molar-refractivity contribution in [3.8, 4) is 6.07 Å². The summed E-state index contributed by atoms with van der Waals surface area (Å²) in [5.41, 5.74) is -0.600. The average molecular weight is 385 g/mol. The Morgan fingerprint density at radius 1 is 1.31 bits per heavy atom. The summed E-state index contributed by atoms with van der Waals surface area (Å²) < 4.78 is 12.0. The van der Waals surface area contributed by atoms with Crippen LogP contribution in [-0.4, -0.2) is 54.8 Å². The minimum atomic E-state index is -1.98. The summed E-state index contributed by atoms with van der Waals surface area (Å²) in [4.78, 5) is 14.2. The van der Waals surface area contributed by atoms with Crippen LogP contribution in [0.25, 0.3) is 0 Å². The maximum Gasteiger partial charge on any atom is 0.410 e. The van der Waals surface area contributed by atoms with Crippen LogP contribution in [0.5, 0.6) is 0 Å². The molecule has 1 saturated heterocycles. The Balaban J connectivity index is 2.94. The number of aliphatic hydroxyl groups excluding tert-OH is 1. The summed E-state index contributed by atoms with van der Waals surface area (Å²) in [5.74, 6) is 0. The second-order valence-electron chi connectivity index (χ2n) is 9.70. The first-order chi connectivity index (χ1) is 11.7. The zero-order valence-corrected chi connectivity index (χ0v) is 18.6. The number of nitriles is 1. The minimum Gasteiger partial charge on any atom is -0.444 e. The molecule has 1 amide bonds. The van der Waals surface area contributed by atoms with Crippen LogP contribution in [0.1, 0.15) is 60.8 Å². The molecule has 6 nitrogen and oxygen atoms in total. The Hall–Kier alpha value is -1.10. The van der Waals surface area contributed by atoms with Crippen LogP contribution in [-0.2, 0) is 9.16 Å². The van der Waals surface area contributed by atoms with Gasteiger partial charge in [0.15, 0.2) is 8.32 Å². The van der Waals surface area contributed by atoms with E-state index >= 15 is 0 Å². The van der Waals surface area contributed by atoms with E-state index in [0.29, 0.717) is 19.4 Å². The number of amides is 1. The first kappa shape index (κ1) is 22.9. The molecule has 7 heteroatoms. The molecule has 0 aromatic heterocycles. The molecule has 0 saturated carbocycles. The van der Waals surface area contributed by atoms with E-state index in [4.69, 9.17) is 14.4 Å². The number of aliphatic hydroxyl groups is 1. The maximum absolute atomic E-state index is 12.6. The molecule has 0 radical (unpaired) electrons. The highest BCUT2D eigenvalue weighted by atomic mass is 28.4. The van der Waals surface area contributed by atoms with Crippen molar-refractivity contribution >= 4 is 14.4 Å². The highest BCUT2D eigenvalue weighted by Crippen LogP contribution is 2.39. The molecule has 0 aromatic carbocycles. The fraction of sp³-hybridized carbons (Fsp3) is 0.895. The van der Waals surface area contributed by atoms with Crippen molar-refractivity contribution in [1.29, 1.82) is 5.26 Å². The van der Waals surface area contributed by atoms with E-state index in [0.717, 1.165) is 0 Å². The third-order valence-electron chi connectivity index (χ3n) is 5.20. The first-order valence-corrected chi connectivity index (χ1v) is 12.3. The van der Waals surface area contributed by atoms with Gasteiger partial charge in [0.2, 0.25) is 0 Å². The van der Waals surface area contributed by atoms with E-state index in [1.165, 1.54) is 0 Å². The highest BCUT2D eigenvalue weighted by molar-refractivity contribution is 6.74. The molecule has 1 rings (SSSR count). The molecule has 0 aromatic rings. The van der Waals surface area contributed by atoms with Gasteiger partial charge < -0.3 is 14.3 Å². The Bertz CT molecular complexity index is 531. The standard InChI is InChI=1S/C19H36N2O4Si/c1-18(2,3)24-17(23)21-13-14(25-26(7,8)19(4,5)6)12-15(21)16(22)10-9-11-20/h14-16,22H,9-10,12-13H2,1-8H3/t14-,15+,16+/m1/s1. The van der Waals surface area contributed by atoms with Gasteiger partial charge in [0.1, 0.15) is 5.60 Å². The molecule has 1 aliphatic rings. The van der Waals surface area contributed by atoms with Gasteiger partial charge in [0.05, 0.1) is 24.3 Å². The topological polar surface area (TPSA) is 82.8 Å². The van der Waals surface area contributed by atoms with Gasteiger partial charge in [-0.2, -0.15) is 5.26 Å². The number of rotatable bonds is 5. The number of nitrogens with zero attached hydrogens (tertiary/aromatic N) is 2. The van der Waals surface area contributed by atoms with Crippen molar-refractivity contribution in [1.82, 2.24) is 4.90 Å². The molecule has 1 fully saturated rings. The molecule has 0 aliphatic carbocycles. The van der Waals surface area contributed by atoms with E-state index < -0.39 is 26.1 Å². The summed E-state index contributed by atoms with van der Waals surface area (Å²) in [6.07, 6.45) is -0.140. The molecule has 1 N–H and O–H groups in total. The average Bonchev–Trinajstić information content (AvgIpc) is 2.85. The molecule has 1 aliphatic heterocycles. The largest absolute Gasteiger partial charge is 0.444 e. The van der Waals surface area contributed by atoms with Gasteiger partial charge in [-0.15, -0.1) is 0 Å². The van der Waals surface area contributed by atoms with Crippen molar-refractivity contribution in [3.05, 3.63) is 0 Å². The fourth-order valence-electron chi connectivity index (χ4n) is 2.80. The Morgan fingerprint density at radius 2 is 1.88 bits per heavy atom. The van der Waals surface area contributed by atoms with Gasteiger partial charge in [-0.3, -0.25) is 4.90 Å². The lowest BCUT2D eigenvalue weighted by Gasteiger charge is -2.38. The summed E-state index contributed by atoms with van der Waals surface area (Å²) in [6, 6.07) is 1.67. The smallest absolute Gasteiger partial charge is 0.410 e. The number of carbonyl (C=O) groups is 1. The minimum absolute atomic E-state index is 0.0707. The molecule has 3 atom stereocenters. The normalized spacial score (nSPS) is 22.8. The number of hydrogen-bond acceptors (Lipinski definition) is 5. The van der Waals surface area contributed by atoms with Gasteiger partial charge >= 0.3 is 6.09 Å². The second kappa shape index (κ2) is 8.28. The zero-order valence-electron chi connectivity index (χ0n) is 17.6. The van der Waals surface area contributed by atoms with Gasteiger partial charge in [-0.1, -0.05) is 20.8 Å². The molecule has 1 heterocycles. The molecular weight excluding hydrogens is 348 g/mol. The first-order valence-electron chi connectivity index (χ1n) is 9.40. The lowest BCUT2D eigenvalue weighted by atomic mass is 10.0. The Labute approximate surface area is 159 Å². The summed E-state index contributed by atoms with van der Waals surface area (Å²) in [6.45, 7) is 16.8. The molecule has 0 spiro atoms. The third-order valence-corrected chi connectivity index (χ3v) is 9.73. The predicted octanol–water partition coefficient (Wildman–Crippen LogP) is 4.05. The van der Waals surface area contributed by atoms with E-state index in [1.54, 1.807) is 4.90 Å². The predicted molar refractivity (Wildman–Crippen MR) is 104 cm³/mol. The number of likely N-dealkylation sites (tertiary alicyclic amines) is 1. The Morgan fingerprint density at radius 3 is 2.35 bits per heavy atom. The number of carbonyl (C=O) groups excluding carboxylic acids is 1. The highest BCUT2D eigenvalue weighted by Gasteiger charge is 2.46. The van der Waals surface area contributed by atoms with Crippen molar-refractivity contribution in [2.75, 3.05) is 6.54 Å². The molecule has 0 bridgehead atoms. The van der Waals surface area contributed by atoms with Crippen LogP contribution in [0.15, 0.2) is 0 Å². The van der Waals surface area contributed by atoms with Crippen molar-refractivity contribution in [2.24, 2.45) is 0 Å². The van der Waals surface area contributed by atoms with Crippen LogP contribution in [0.4, 0.5) is 4.79 Å². The zero-order chi connectivity index (χ0) is 20.3. The van der Waals surface area contributed by atoms with E-state index in [2.05, 4.69) is 39.9 Å². The fourth-order valence-corrected chi connectivity index (χ4v) is 4.16. The van der Waals surface area contributed by atoms with Gasteiger partial charge in [0.25, 0.3) is 0 Å². The van der Waals surface area contributed by atoms with Crippen LogP contribution in [0.2, 0.25) is 18.1 Å². The Kier molecular flexibility index (Phi) is 7.31. The van der Waals surface area contributed by atoms with E-state index in [9.17, 15) is 9.90 Å². The van der Waals surface area contributed by atoms with Gasteiger partial charge in [-0.25, -0.2) is 4.79 Å². The van der Waals surface area contributed by atoms with Gasteiger partial charge in [-0.05, 0) is 51.7 Å². The van der Waals surface area contributed by atoms with Gasteiger partial charge in [0, 0.05) is 13.0 Å². The maximum atomic E-state index is 12.6.